The topological polar surface area (TPSA) is 69.6 Å². The van der Waals surface area contributed by atoms with Gasteiger partial charge in [-0.2, -0.15) is 4.68 Å². The van der Waals surface area contributed by atoms with E-state index in [2.05, 4.69) is 47.4 Å². The quantitative estimate of drug-likeness (QED) is 0.655. The van der Waals surface area contributed by atoms with Gasteiger partial charge in [-0.25, -0.2) is 0 Å². The van der Waals surface area contributed by atoms with Crippen LogP contribution in [0.3, 0.4) is 0 Å². The van der Waals surface area contributed by atoms with Gasteiger partial charge >= 0.3 is 0 Å². The average molecular weight is 409 g/mol. The Bertz CT molecular complexity index is 813. The van der Waals surface area contributed by atoms with Crippen molar-refractivity contribution in [2.75, 3.05) is 5.73 Å². The molecule has 0 saturated carbocycles. The maximum absolute atomic E-state index is 5.88. The van der Waals surface area contributed by atoms with Crippen molar-refractivity contribution in [3.8, 4) is 17.1 Å². The number of halogens is 2. The fraction of sp³-hybridized carbons (Fsp3) is 0.0714. The normalized spacial score (nSPS) is 10.8. The molecule has 0 saturated heterocycles. The minimum absolute atomic E-state index is 0.655. The first-order chi connectivity index (χ1) is 10.1. The fourth-order valence-corrected chi connectivity index (χ4v) is 3.27. The first-order valence-electron chi connectivity index (χ1n) is 6.16. The zero-order chi connectivity index (χ0) is 15.0. The van der Waals surface area contributed by atoms with E-state index < -0.39 is 0 Å². The summed E-state index contributed by atoms with van der Waals surface area (Å²) in [7, 11) is 0. The molecule has 0 amide bonds. The minimum Gasteiger partial charge on any atom is -0.399 e. The second kappa shape index (κ2) is 5.57. The van der Waals surface area contributed by atoms with Crippen LogP contribution in [-0.2, 0) is 0 Å². The molecule has 2 aromatic carbocycles. The molecule has 106 valence electrons. The summed E-state index contributed by atoms with van der Waals surface area (Å²) in [5, 5.41) is 12.0. The zero-order valence-corrected chi connectivity index (χ0v) is 14.3. The molecule has 7 heteroatoms. The second-order valence-electron chi connectivity index (χ2n) is 4.58. The highest BCUT2D eigenvalue weighted by Crippen LogP contribution is 2.29. The number of nitrogen functional groups attached to an aromatic ring is 1. The maximum Gasteiger partial charge on any atom is 0.187 e. The van der Waals surface area contributed by atoms with E-state index in [4.69, 9.17) is 5.73 Å². The number of anilines is 1. The Morgan fingerprint density at radius 3 is 2.67 bits per heavy atom. The Labute approximate surface area is 138 Å². The highest BCUT2D eigenvalue weighted by Gasteiger charge is 2.15. The van der Waals surface area contributed by atoms with Crippen molar-refractivity contribution in [1.29, 1.82) is 0 Å². The number of aromatic nitrogens is 4. The largest absolute Gasteiger partial charge is 0.399 e. The van der Waals surface area contributed by atoms with Crippen LogP contribution in [-0.4, -0.2) is 20.2 Å². The van der Waals surface area contributed by atoms with Gasteiger partial charge in [0, 0.05) is 20.2 Å². The summed E-state index contributed by atoms with van der Waals surface area (Å²) in [6.45, 7) is 2.00. The predicted molar refractivity (Wildman–Crippen MR) is 89.1 cm³/mol. The van der Waals surface area contributed by atoms with E-state index in [-0.39, 0.29) is 0 Å². The van der Waals surface area contributed by atoms with Gasteiger partial charge in [0.2, 0.25) is 0 Å². The van der Waals surface area contributed by atoms with E-state index in [1.807, 2.05) is 43.3 Å². The Morgan fingerprint density at radius 1 is 1.10 bits per heavy atom. The number of nitrogens with zero attached hydrogens (tertiary/aromatic N) is 4. The number of nitrogens with two attached hydrogens (primary N) is 1. The van der Waals surface area contributed by atoms with E-state index in [1.54, 1.807) is 4.68 Å². The van der Waals surface area contributed by atoms with Crippen LogP contribution < -0.4 is 5.73 Å². The van der Waals surface area contributed by atoms with E-state index in [1.165, 1.54) is 0 Å². The van der Waals surface area contributed by atoms with Gasteiger partial charge in [-0.1, -0.05) is 22.0 Å². The Balaban J connectivity index is 2.19. The number of benzene rings is 2. The van der Waals surface area contributed by atoms with Crippen LogP contribution in [0.1, 0.15) is 5.56 Å². The highest BCUT2D eigenvalue weighted by molar-refractivity contribution is 9.11. The third-order valence-electron chi connectivity index (χ3n) is 3.11. The molecule has 0 bridgehead atoms. The first-order valence-corrected chi connectivity index (χ1v) is 7.75. The van der Waals surface area contributed by atoms with Crippen molar-refractivity contribution in [1.82, 2.24) is 20.2 Å². The van der Waals surface area contributed by atoms with Crippen molar-refractivity contribution >= 4 is 37.5 Å². The third-order valence-corrected chi connectivity index (χ3v) is 4.24. The van der Waals surface area contributed by atoms with Crippen molar-refractivity contribution in [2.24, 2.45) is 0 Å². The lowest BCUT2D eigenvalue weighted by Crippen LogP contribution is -2.02. The lowest BCUT2D eigenvalue weighted by Gasteiger charge is -2.09. The molecule has 0 aliphatic carbocycles. The molecule has 5 nitrogen and oxygen atoms in total. The number of aryl methyl sites for hydroxylation is 1. The number of rotatable bonds is 2. The first kappa shape index (κ1) is 14.2. The van der Waals surface area contributed by atoms with Gasteiger partial charge in [0.1, 0.15) is 0 Å². The van der Waals surface area contributed by atoms with E-state index in [0.717, 1.165) is 25.8 Å². The molecule has 0 aliphatic heterocycles. The monoisotopic (exact) mass is 407 g/mol. The average Bonchev–Trinajstić information content (AvgIpc) is 2.90. The highest BCUT2D eigenvalue weighted by atomic mass is 79.9. The molecule has 0 atom stereocenters. The summed E-state index contributed by atoms with van der Waals surface area (Å²) >= 11 is 6.97. The van der Waals surface area contributed by atoms with Crippen LogP contribution in [0.5, 0.6) is 0 Å². The van der Waals surface area contributed by atoms with Gasteiger partial charge in [-0.15, -0.1) is 5.10 Å². The predicted octanol–water partition coefficient (Wildman–Crippen LogP) is 3.74. The SMILES string of the molecule is Cc1ccc(N)cc1-c1nnnn1-c1ccc(Br)cc1Br. The molecule has 0 fully saturated rings. The van der Waals surface area contributed by atoms with E-state index >= 15 is 0 Å². The second-order valence-corrected chi connectivity index (χ2v) is 6.35. The van der Waals surface area contributed by atoms with Gasteiger partial charge in [-0.3, -0.25) is 0 Å². The summed E-state index contributed by atoms with van der Waals surface area (Å²) in [5.41, 5.74) is 9.40. The molecule has 3 rings (SSSR count). The summed E-state index contributed by atoms with van der Waals surface area (Å²) in [6, 6.07) is 11.5. The van der Waals surface area contributed by atoms with Crippen molar-refractivity contribution in [3.63, 3.8) is 0 Å². The molecular formula is C14H11Br2N5. The standard InChI is InChI=1S/C14H11Br2N5/c1-8-2-4-10(17)7-11(8)14-18-19-20-21(14)13-5-3-9(15)6-12(13)16/h2-7H,17H2,1H3. The summed E-state index contributed by atoms with van der Waals surface area (Å²) in [5.74, 6) is 0.655. The van der Waals surface area contributed by atoms with Crippen LogP contribution in [0.2, 0.25) is 0 Å². The molecule has 0 unspecified atom stereocenters. The van der Waals surface area contributed by atoms with E-state index in [0.29, 0.717) is 11.5 Å². The summed E-state index contributed by atoms with van der Waals surface area (Å²) < 4.78 is 3.57. The Morgan fingerprint density at radius 2 is 1.90 bits per heavy atom. The summed E-state index contributed by atoms with van der Waals surface area (Å²) in [6.07, 6.45) is 0. The fourth-order valence-electron chi connectivity index (χ4n) is 2.05. The Hall–Kier alpha value is -1.73. The van der Waals surface area contributed by atoms with Crippen molar-refractivity contribution in [3.05, 3.63) is 50.9 Å². The molecule has 0 radical (unpaired) electrons. The summed E-state index contributed by atoms with van der Waals surface area (Å²) in [4.78, 5) is 0. The smallest absolute Gasteiger partial charge is 0.187 e. The van der Waals surface area contributed by atoms with Gasteiger partial charge in [0.15, 0.2) is 5.82 Å². The molecular weight excluding hydrogens is 398 g/mol. The van der Waals surface area contributed by atoms with Crippen molar-refractivity contribution in [2.45, 2.75) is 6.92 Å². The molecule has 3 aromatic rings. The van der Waals surface area contributed by atoms with Crippen LogP contribution in [0.15, 0.2) is 45.3 Å². The van der Waals surface area contributed by atoms with E-state index in [9.17, 15) is 0 Å². The molecule has 21 heavy (non-hydrogen) atoms. The maximum atomic E-state index is 5.88. The lowest BCUT2D eigenvalue weighted by atomic mass is 10.1. The Kier molecular flexibility index (Phi) is 3.77. The zero-order valence-electron chi connectivity index (χ0n) is 11.1. The minimum atomic E-state index is 0.655. The molecule has 0 aliphatic rings. The van der Waals surface area contributed by atoms with Gasteiger partial charge in [0.25, 0.3) is 0 Å². The van der Waals surface area contributed by atoms with Gasteiger partial charge in [0.05, 0.1) is 5.69 Å². The van der Waals surface area contributed by atoms with Gasteiger partial charge < -0.3 is 5.73 Å². The lowest BCUT2D eigenvalue weighted by molar-refractivity contribution is 0.788. The van der Waals surface area contributed by atoms with Crippen LogP contribution in [0.4, 0.5) is 5.69 Å². The van der Waals surface area contributed by atoms with Crippen LogP contribution in [0, 0.1) is 6.92 Å². The van der Waals surface area contributed by atoms with Crippen LogP contribution in [0.25, 0.3) is 17.1 Å². The molecule has 1 aromatic heterocycles. The number of hydrogen-bond acceptors (Lipinski definition) is 4. The number of hydrogen-bond donors (Lipinski definition) is 1. The van der Waals surface area contributed by atoms with Crippen LogP contribution >= 0.6 is 31.9 Å². The van der Waals surface area contributed by atoms with Crippen molar-refractivity contribution < 1.29 is 0 Å². The molecule has 2 N–H and O–H groups in total. The molecule has 0 spiro atoms. The van der Waals surface area contributed by atoms with Gasteiger partial charge in [-0.05, 0) is 69.2 Å². The molecule has 1 heterocycles. The number of tetrazole rings is 1. The third kappa shape index (κ3) is 2.71.